The minimum absolute atomic E-state index is 0.249. The Balaban J connectivity index is 2.16. The molecule has 1 aliphatic carbocycles. The monoisotopic (exact) mass is 355 g/mol. The number of carbonyl (C=O) groups excluding carboxylic acids is 1. The second kappa shape index (κ2) is 6.51. The Morgan fingerprint density at radius 3 is 2.20 bits per heavy atom. The van der Waals surface area contributed by atoms with Crippen LogP contribution in [0, 0.1) is 58.8 Å². The van der Waals surface area contributed by atoms with Crippen LogP contribution >= 0.6 is 0 Å². The van der Waals surface area contributed by atoms with E-state index in [0.29, 0.717) is 5.57 Å². The van der Waals surface area contributed by atoms with Gasteiger partial charge in [-0.25, -0.2) is 17.6 Å². The Morgan fingerprint density at radius 1 is 1.20 bits per heavy atom. The molecule has 2 rings (SSSR count). The third-order valence-corrected chi connectivity index (χ3v) is 4.70. The number of hydrogen-bond acceptors (Lipinski definition) is 3. The van der Waals surface area contributed by atoms with Crippen molar-refractivity contribution in [1.82, 2.24) is 0 Å². The average Bonchev–Trinajstić information content (AvgIpc) is 3.10. The Labute approximate surface area is 142 Å². The van der Waals surface area contributed by atoms with Gasteiger partial charge in [0.05, 0.1) is 17.6 Å². The zero-order valence-electron chi connectivity index (χ0n) is 14.2. The summed E-state index contributed by atoms with van der Waals surface area (Å²) in [6.07, 6.45) is 1.64. The summed E-state index contributed by atoms with van der Waals surface area (Å²) in [5, 5.41) is 8.81. The number of esters is 1. The lowest BCUT2D eigenvalue weighted by Crippen LogP contribution is -2.14. The molecule has 1 aliphatic rings. The first-order valence-corrected chi connectivity index (χ1v) is 7.60. The molecule has 1 fully saturated rings. The van der Waals surface area contributed by atoms with Crippen molar-refractivity contribution in [2.45, 2.75) is 34.3 Å². The lowest BCUT2D eigenvalue weighted by Gasteiger charge is -2.10. The summed E-state index contributed by atoms with van der Waals surface area (Å²) in [7, 11) is 0. The van der Waals surface area contributed by atoms with Crippen molar-refractivity contribution in [2.75, 3.05) is 0 Å². The highest BCUT2D eigenvalue weighted by Crippen LogP contribution is 2.59. The van der Waals surface area contributed by atoms with E-state index >= 15 is 0 Å². The summed E-state index contributed by atoms with van der Waals surface area (Å²) in [4.78, 5) is 12.2. The van der Waals surface area contributed by atoms with Crippen LogP contribution in [0.4, 0.5) is 17.6 Å². The zero-order chi connectivity index (χ0) is 19.1. The van der Waals surface area contributed by atoms with E-state index < -0.39 is 58.3 Å². The van der Waals surface area contributed by atoms with Crippen molar-refractivity contribution >= 4 is 5.97 Å². The van der Waals surface area contributed by atoms with Crippen molar-refractivity contribution in [2.24, 2.45) is 17.3 Å². The number of allylic oxidation sites excluding steroid dienone is 2. The Morgan fingerprint density at radius 2 is 1.72 bits per heavy atom. The Bertz CT molecular complexity index is 779. The van der Waals surface area contributed by atoms with E-state index in [-0.39, 0.29) is 5.92 Å². The number of halogens is 4. The fraction of sp³-hybridized carbons (Fsp3) is 0.444. The molecule has 0 N–H and O–H groups in total. The molecule has 134 valence electrons. The van der Waals surface area contributed by atoms with Crippen molar-refractivity contribution in [3.8, 4) is 6.07 Å². The second-order valence-electron chi connectivity index (χ2n) is 6.75. The van der Waals surface area contributed by atoms with E-state index in [1.165, 1.54) is 0 Å². The van der Waals surface area contributed by atoms with E-state index in [2.05, 4.69) is 0 Å². The lowest BCUT2D eigenvalue weighted by molar-refractivity contribution is -0.147. The zero-order valence-corrected chi connectivity index (χ0v) is 14.2. The Hall–Kier alpha value is -2.36. The topological polar surface area (TPSA) is 50.1 Å². The maximum atomic E-state index is 13.8. The molecule has 0 amide bonds. The van der Waals surface area contributed by atoms with Gasteiger partial charge < -0.3 is 4.74 Å². The minimum Gasteiger partial charge on any atom is -0.460 e. The van der Waals surface area contributed by atoms with Crippen molar-refractivity contribution in [3.63, 3.8) is 0 Å². The van der Waals surface area contributed by atoms with Crippen LogP contribution in [-0.2, 0) is 16.1 Å². The largest absolute Gasteiger partial charge is 0.460 e. The molecule has 25 heavy (non-hydrogen) atoms. The standard InChI is InChI=1S/C18H17F4NO2/c1-8(6-23)5-11-12(18(11,3)4)17(24)25-7-10-15(21)13(19)9(2)14(20)16(10)22/h5,11-12H,7H2,1-4H3/b8-5+. The van der Waals surface area contributed by atoms with E-state index in [9.17, 15) is 22.4 Å². The molecule has 0 bridgehead atoms. The first kappa shape index (κ1) is 19.0. The van der Waals surface area contributed by atoms with Crippen molar-refractivity contribution in [3.05, 3.63) is 46.0 Å². The fourth-order valence-corrected chi connectivity index (χ4v) is 2.89. The normalized spacial score (nSPS) is 21.6. The van der Waals surface area contributed by atoms with Gasteiger partial charge >= 0.3 is 5.97 Å². The summed E-state index contributed by atoms with van der Waals surface area (Å²) >= 11 is 0. The number of rotatable bonds is 4. The predicted molar refractivity (Wildman–Crippen MR) is 80.9 cm³/mol. The van der Waals surface area contributed by atoms with Gasteiger partial charge in [-0.05, 0) is 25.2 Å². The van der Waals surface area contributed by atoms with Gasteiger partial charge in [-0.2, -0.15) is 5.26 Å². The first-order valence-electron chi connectivity index (χ1n) is 7.60. The van der Waals surface area contributed by atoms with Gasteiger partial charge in [0.2, 0.25) is 0 Å². The number of ether oxygens (including phenoxy) is 1. The smallest absolute Gasteiger partial charge is 0.310 e. The predicted octanol–water partition coefficient (Wildman–Crippen LogP) is 4.34. The molecular formula is C18H17F4NO2. The fourth-order valence-electron chi connectivity index (χ4n) is 2.89. The van der Waals surface area contributed by atoms with Crippen LogP contribution in [0.3, 0.4) is 0 Å². The van der Waals surface area contributed by atoms with E-state index in [1.54, 1.807) is 26.8 Å². The SMILES string of the molecule is C/C(C#N)=C\C1C(C(=O)OCc2c(F)c(F)c(C)c(F)c2F)C1(C)C. The van der Waals surface area contributed by atoms with Crippen LogP contribution in [0.15, 0.2) is 11.6 Å². The van der Waals surface area contributed by atoms with Crippen LogP contribution < -0.4 is 0 Å². The van der Waals surface area contributed by atoms with E-state index in [4.69, 9.17) is 10.00 Å². The summed E-state index contributed by atoms with van der Waals surface area (Å²) in [6, 6.07) is 1.95. The number of benzene rings is 1. The van der Waals surface area contributed by atoms with Gasteiger partial charge in [-0.3, -0.25) is 4.79 Å². The second-order valence-corrected chi connectivity index (χ2v) is 6.75. The molecular weight excluding hydrogens is 338 g/mol. The van der Waals surface area contributed by atoms with Gasteiger partial charge in [-0.1, -0.05) is 19.9 Å². The van der Waals surface area contributed by atoms with Crippen molar-refractivity contribution < 1.29 is 27.1 Å². The molecule has 0 aliphatic heterocycles. The molecule has 2 unspecified atom stereocenters. The molecule has 0 saturated heterocycles. The summed E-state index contributed by atoms with van der Waals surface area (Å²) < 4.78 is 59.5. The first-order chi connectivity index (χ1) is 11.5. The highest BCUT2D eigenvalue weighted by Gasteiger charge is 2.61. The molecule has 1 aromatic carbocycles. The lowest BCUT2D eigenvalue weighted by atomic mass is 10.1. The molecule has 0 radical (unpaired) electrons. The molecule has 2 atom stereocenters. The van der Waals surface area contributed by atoms with Crippen molar-refractivity contribution in [1.29, 1.82) is 5.26 Å². The summed E-state index contributed by atoms with van der Waals surface area (Å²) in [6.45, 7) is 5.17. The van der Waals surface area contributed by atoms with Gasteiger partial charge in [0.25, 0.3) is 0 Å². The van der Waals surface area contributed by atoms with Gasteiger partial charge in [-0.15, -0.1) is 0 Å². The Kier molecular flexibility index (Phi) is 4.94. The molecule has 0 spiro atoms. The van der Waals surface area contributed by atoms with Crippen LogP contribution in [0.5, 0.6) is 0 Å². The van der Waals surface area contributed by atoms with Gasteiger partial charge in [0, 0.05) is 11.1 Å². The molecule has 7 heteroatoms. The third-order valence-electron chi connectivity index (χ3n) is 4.70. The quantitative estimate of drug-likeness (QED) is 0.349. The number of nitrogens with zero attached hydrogens (tertiary/aromatic N) is 1. The number of hydrogen-bond donors (Lipinski definition) is 0. The maximum absolute atomic E-state index is 13.8. The molecule has 0 heterocycles. The molecule has 1 aromatic rings. The number of carbonyl (C=O) groups is 1. The summed E-state index contributed by atoms with van der Waals surface area (Å²) in [5.74, 6) is -7.75. The van der Waals surface area contributed by atoms with Gasteiger partial charge in [0.1, 0.15) is 6.61 Å². The molecule has 0 aromatic heterocycles. The summed E-state index contributed by atoms with van der Waals surface area (Å²) in [5.41, 5.74) is -1.78. The van der Waals surface area contributed by atoms with Crippen LogP contribution in [0.25, 0.3) is 0 Å². The highest BCUT2D eigenvalue weighted by atomic mass is 19.2. The average molecular weight is 355 g/mol. The van der Waals surface area contributed by atoms with E-state index in [1.807, 2.05) is 6.07 Å². The van der Waals surface area contributed by atoms with E-state index in [0.717, 1.165) is 6.92 Å². The van der Waals surface area contributed by atoms with Crippen LogP contribution in [0.1, 0.15) is 31.9 Å². The van der Waals surface area contributed by atoms with Gasteiger partial charge in [0.15, 0.2) is 23.3 Å². The molecule has 1 saturated carbocycles. The molecule has 3 nitrogen and oxygen atoms in total. The number of nitriles is 1. The van der Waals surface area contributed by atoms with Crippen LogP contribution in [0.2, 0.25) is 0 Å². The maximum Gasteiger partial charge on any atom is 0.310 e. The van der Waals surface area contributed by atoms with Crippen LogP contribution in [-0.4, -0.2) is 5.97 Å². The highest BCUT2D eigenvalue weighted by molar-refractivity contribution is 5.78. The third kappa shape index (κ3) is 3.26. The minimum atomic E-state index is -1.57.